The van der Waals surface area contributed by atoms with Gasteiger partial charge in [-0.2, -0.15) is 0 Å². The lowest BCUT2D eigenvalue weighted by atomic mass is 9.72. The summed E-state index contributed by atoms with van der Waals surface area (Å²) in [5.41, 5.74) is -1.36. The van der Waals surface area contributed by atoms with E-state index in [0.29, 0.717) is 44.9 Å². The molecule has 0 rings (SSSR count). The summed E-state index contributed by atoms with van der Waals surface area (Å²) in [6.07, 6.45) is 6.05. The molecule has 0 saturated carbocycles. The minimum Gasteiger partial charge on any atom is -0.481 e. The molecule has 21 heavy (non-hydrogen) atoms. The van der Waals surface area contributed by atoms with E-state index in [-0.39, 0.29) is 0 Å². The molecule has 4 nitrogen and oxygen atoms in total. The molecule has 4 heteroatoms. The number of aliphatic carboxylic acids is 2. The normalized spacial score (nSPS) is 12.4. The molecule has 0 aromatic heterocycles. The molecule has 0 fully saturated rings. The summed E-state index contributed by atoms with van der Waals surface area (Å²) in [7, 11) is 0. The van der Waals surface area contributed by atoms with Gasteiger partial charge in [-0.1, -0.05) is 47.0 Å². The van der Waals surface area contributed by atoms with Crippen LogP contribution in [0, 0.1) is 10.8 Å². The molecule has 0 unspecified atom stereocenters. The van der Waals surface area contributed by atoms with E-state index in [9.17, 15) is 19.8 Å². The van der Waals surface area contributed by atoms with Gasteiger partial charge in [-0.25, -0.2) is 0 Å². The number of hydrogen-bond acceptors (Lipinski definition) is 2. The Kier molecular flexibility index (Phi) is 8.60. The molecule has 124 valence electrons. The molecule has 0 bridgehead atoms. The Morgan fingerprint density at radius 1 is 0.714 bits per heavy atom. The van der Waals surface area contributed by atoms with E-state index in [4.69, 9.17) is 0 Å². The molecule has 0 aromatic rings. The zero-order valence-corrected chi connectivity index (χ0v) is 14.1. The zero-order chi connectivity index (χ0) is 16.5. The molecule has 0 aliphatic rings. The third-order valence-corrected chi connectivity index (χ3v) is 5.03. The van der Waals surface area contributed by atoms with Gasteiger partial charge in [0.2, 0.25) is 0 Å². The van der Waals surface area contributed by atoms with Crippen molar-refractivity contribution in [2.45, 2.75) is 85.5 Å². The first-order valence-electron chi connectivity index (χ1n) is 8.31. The van der Waals surface area contributed by atoms with E-state index in [1.165, 1.54) is 0 Å². The highest BCUT2D eigenvalue weighted by atomic mass is 16.4. The highest BCUT2D eigenvalue weighted by Gasteiger charge is 2.39. The fourth-order valence-corrected chi connectivity index (χ4v) is 3.43. The maximum absolute atomic E-state index is 11.7. The van der Waals surface area contributed by atoms with Crippen LogP contribution in [0.3, 0.4) is 0 Å². The minimum absolute atomic E-state index is 0.567. The SMILES string of the molecule is CCCC(CCC)(CCCC(CC)(CC)C(=O)O)C(=O)O. The van der Waals surface area contributed by atoms with Crippen LogP contribution in [0.1, 0.15) is 85.5 Å². The highest BCUT2D eigenvalue weighted by molar-refractivity contribution is 5.75. The van der Waals surface area contributed by atoms with Gasteiger partial charge in [0.05, 0.1) is 10.8 Å². The van der Waals surface area contributed by atoms with Crippen molar-refractivity contribution < 1.29 is 19.8 Å². The minimum atomic E-state index is -0.751. The second kappa shape index (κ2) is 9.06. The average molecular weight is 300 g/mol. The van der Waals surface area contributed by atoms with Gasteiger partial charge >= 0.3 is 11.9 Å². The third kappa shape index (κ3) is 5.01. The van der Waals surface area contributed by atoms with Gasteiger partial charge in [0.25, 0.3) is 0 Å². The first-order valence-corrected chi connectivity index (χ1v) is 8.31. The van der Waals surface area contributed by atoms with Gasteiger partial charge in [-0.3, -0.25) is 9.59 Å². The quantitative estimate of drug-likeness (QED) is 0.547. The number of hydrogen-bond donors (Lipinski definition) is 2. The van der Waals surface area contributed by atoms with Gasteiger partial charge in [0, 0.05) is 0 Å². The van der Waals surface area contributed by atoms with Crippen LogP contribution in [0.2, 0.25) is 0 Å². The van der Waals surface area contributed by atoms with E-state index in [2.05, 4.69) is 0 Å². The molecule has 0 radical (unpaired) electrons. The Labute approximate surface area is 128 Å². The van der Waals surface area contributed by atoms with Gasteiger partial charge in [0.15, 0.2) is 0 Å². The zero-order valence-electron chi connectivity index (χ0n) is 14.1. The van der Waals surface area contributed by atoms with E-state index in [0.717, 1.165) is 12.8 Å². The Bertz CT molecular complexity index is 326. The first kappa shape index (κ1) is 19.9. The second-order valence-electron chi connectivity index (χ2n) is 6.23. The van der Waals surface area contributed by atoms with E-state index < -0.39 is 22.8 Å². The molecule has 0 heterocycles. The van der Waals surface area contributed by atoms with Crippen molar-refractivity contribution in [1.82, 2.24) is 0 Å². The van der Waals surface area contributed by atoms with Crippen LogP contribution in [-0.4, -0.2) is 22.2 Å². The third-order valence-electron chi connectivity index (χ3n) is 5.03. The van der Waals surface area contributed by atoms with Crippen LogP contribution >= 0.6 is 0 Å². The molecule has 0 spiro atoms. The average Bonchev–Trinajstić information content (AvgIpc) is 2.43. The molecule has 0 saturated heterocycles. The fourth-order valence-electron chi connectivity index (χ4n) is 3.43. The van der Waals surface area contributed by atoms with Crippen LogP contribution in [0.5, 0.6) is 0 Å². The lowest BCUT2D eigenvalue weighted by molar-refractivity contribution is -0.151. The van der Waals surface area contributed by atoms with Crippen LogP contribution in [0.15, 0.2) is 0 Å². The largest absolute Gasteiger partial charge is 0.481 e. The first-order chi connectivity index (χ1) is 9.84. The van der Waals surface area contributed by atoms with Crippen LogP contribution in [0.25, 0.3) is 0 Å². The number of carboxylic acid groups (broad SMARTS) is 2. The number of rotatable bonds is 12. The van der Waals surface area contributed by atoms with Gasteiger partial charge in [-0.15, -0.1) is 0 Å². The maximum atomic E-state index is 11.7. The van der Waals surface area contributed by atoms with E-state index >= 15 is 0 Å². The lowest BCUT2D eigenvalue weighted by Gasteiger charge is -2.32. The van der Waals surface area contributed by atoms with Crippen molar-refractivity contribution >= 4 is 11.9 Å². The van der Waals surface area contributed by atoms with Crippen LogP contribution < -0.4 is 0 Å². The molecule has 0 aliphatic heterocycles. The molecule has 0 amide bonds. The van der Waals surface area contributed by atoms with Crippen molar-refractivity contribution in [1.29, 1.82) is 0 Å². The maximum Gasteiger partial charge on any atom is 0.309 e. The van der Waals surface area contributed by atoms with Crippen LogP contribution in [0.4, 0.5) is 0 Å². The van der Waals surface area contributed by atoms with Crippen molar-refractivity contribution in [2.24, 2.45) is 10.8 Å². The fraction of sp³-hybridized carbons (Fsp3) is 0.882. The molecular weight excluding hydrogens is 268 g/mol. The van der Waals surface area contributed by atoms with Crippen molar-refractivity contribution in [3.8, 4) is 0 Å². The summed E-state index contributed by atoms with van der Waals surface area (Å²) in [6.45, 7) is 7.82. The monoisotopic (exact) mass is 300 g/mol. The predicted octanol–water partition coefficient (Wildman–Crippen LogP) is 4.72. The second-order valence-corrected chi connectivity index (χ2v) is 6.23. The Hall–Kier alpha value is -1.06. The van der Waals surface area contributed by atoms with E-state index in [1.807, 2.05) is 27.7 Å². The van der Waals surface area contributed by atoms with Crippen molar-refractivity contribution in [3.63, 3.8) is 0 Å². The number of carbonyl (C=O) groups is 2. The van der Waals surface area contributed by atoms with Crippen LogP contribution in [-0.2, 0) is 9.59 Å². The van der Waals surface area contributed by atoms with Gasteiger partial charge < -0.3 is 10.2 Å². The smallest absolute Gasteiger partial charge is 0.309 e. The van der Waals surface area contributed by atoms with E-state index in [1.54, 1.807) is 0 Å². The Morgan fingerprint density at radius 2 is 1.10 bits per heavy atom. The molecule has 2 N–H and O–H groups in total. The Balaban J connectivity index is 4.90. The summed E-state index contributed by atoms with van der Waals surface area (Å²) in [6, 6.07) is 0. The predicted molar refractivity (Wildman–Crippen MR) is 84.4 cm³/mol. The standard InChI is InChI=1S/C17H32O4/c1-5-10-17(11-6-2,15(20)21)13-9-12-16(7-3,8-4)14(18)19/h5-13H2,1-4H3,(H,18,19)(H,20,21). The summed E-state index contributed by atoms with van der Waals surface area (Å²) < 4.78 is 0. The summed E-state index contributed by atoms with van der Waals surface area (Å²) in [5, 5.41) is 19.1. The summed E-state index contributed by atoms with van der Waals surface area (Å²) in [5.74, 6) is -1.47. The molecule has 0 aromatic carbocycles. The summed E-state index contributed by atoms with van der Waals surface area (Å²) in [4.78, 5) is 23.2. The highest BCUT2D eigenvalue weighted by Crippen LogP contribution is 2.39. The van der Waals surface area contributed by atoms with Crippen molar-refractivity contribution in [3.05, 3.63) is 0 Å². The molecule has 0 atom stereocenters. The Morgan fingerprint density at radius 3 is 1.38 bits per heavy atom. The van der Waals surface area contributed by atoms with Gasteiger partial charge in [0.1, 0.15) is 0 Å². The topological polar surface area (TPSA) is 74.6 Å². The van der Waals surface area contributed by atoms with Gasteiger partial charge in [-0.05, 0) is 38.5 Å². The molecular formula is C17H32O4. The van der Waals surface area contributed by atoms with Crippen molar-refractivity contribution in [2.75, 3.05) is 0 Å². The summed E-state index contributed by atoms with van der Waals surface area (Å²) >= 11 is 0. The lowest BCUT2D eigenvalue weighted by Crippen LogP contribution is -2.33. The number of carboxylic acids is 2. The molecule has 0 aliphatic carbocycles.